The molecule has 0 saturated carbocycles. The molecule has 3 rings (SSSR count). The topological polar surface area (TPSA) is 86.7 Å². The highest BCUT2D eigenvalue weighted by molar-refractivity contribution is 5.89. The summed E-state index contributed by atoms with van der Waals surface area (Å²) >= 11 is 0. The molecule has 1 aromatic heterocycles. The number of carbonyl (C=O) groups excluding carboxylic acids is 1. The summed E-state index contributed by atoms with van der Waals surface area (Å²) < 4.78 is 5.31. The second-order valence-electron chi connectivity index (χ2n) is 5.49. The minimum atomic E-state index is -0.204. The van der Waals surface area contributed by atoms with Crippen LogP contribution in [-0.2, 0) is 11.2 Å². The van der Waals surface area contributed by atoms with Crippen molar-refractivity contribution in [3.63, 3.8) is 0 Å². The molecule has 1 heterocycles. The number of H-pyrrole nitrogens is 1. The number of ether oxygens (including phenoxy) is 1. The number of rotatable bonds is 6. The van der Waals surface area contributed by atoms with Crippen molar-refractivity contribution < 1.29 is 14.6 Å². The number of hydrazone groups is 1. The van der Waals surface area contributed by atoms with Gasteiger partial charge in [-0.15, -0.1) is 0 Å². The molecular formula is C19H19N3O3. The van der Waals surface area contributed by atoms with Crippen LogP contribution in [0.1, 0.15) is 18.1 Å². The van der Waals surface area contributed by atoms with Crippen molar-refractivity contribution in [2.24, 2.45) is 5.10 Å². The van der Waals surface area contributed by atoms with Crippen molar-refractivity contribution in [2.75, 3.05) is 6.61 Å². The van der Waals surface area contributed by atoms with E-state index >= 15 is 0 Å². The molecule has 6 nitrogen and oxygen atoms in total. The number of carbonyl (C=O) groups is 1. The Bertz CT molecular complexity index is 915. The molecule has 1 amide bonds. The maximum atomic E-state index is 12.1. The van der Waals surface area contributed by atoms with Crippen LogP contribution in [-0.4, -0.2) is 28.8 Å². The standard InChI is InChI=1S/C19H19N3O3/c1-2-25-18-9-13(7-8-17(18)23)11-21-22-19(24)10-14-12-20-16-6-4-3-5-15(14)16/h3-9,11-12,20,23H,2,10H2,1H3,(H,22,24)/b21-11-. The van der Waals surface area contributed by atoms with E-state index in [2.05, 4.69) is 15.5 Å². The molecule has 3 aromatic rings. The third-order valence-corrected chi connectivity index (χ3v) is 3.71. The summed E-state index contributed by atoms with van der Waals surface area (Å²) in [4.78, 5) is 15.2. The van der Waals surface area contributed by atoms with Crippen LogP contribution in [0.15, 0.2) is 53.8 Å². The monoisotopic (exact) mass is 337 g/mol. The zero-order valence-electron chi connectivity index (χ0n) is 13.8. The first-order valence-electron chi connectivity index (χ1n) is 8.00. The van der Waals surface area contributed by atoms with Gasteiger partial charge in [-0.05, 0) is 42.3 Å². The normalized spacial score (nSPS) is 11.1. The van der Waals surface area contributed by atoms with Gasteiger partial charge in [-0.3, -0.25) is 4.79 Å². The highest BCUT2D eigenvalue weighted by Crippen LogP contribution is 2.26. The predicted molar refractivity (Wildman–Crippen MR) is 97.0 cm³/mol. The van der Waals surface area contributed by atoms with Crippen LogP contribution in [0.4, 0.5) is 0 Å². The summed E-state index contributed by atoms with van der Waals surface area (Å²) in [6, 6.07) is 12.7. The molecule has 6 heteroatoms. The fourth-order valence-corrected chi connectivity index (χ4v) is 2.55. The number of phenolic OH excluding ortho intramolecular Hbond substituents is 1. The van der Waals surface area contributed by atoms with Gasteiger partial charge in [0.2, 0.25) is 5.91 Å². The molecule has 0 atom stereocenters. The molecule has 0 aliphatic heterocycles. The Morgan fingerprint density at radius 2 is 2.16 bits per heavy atom. The number of nitrogens with one attached hydrogen (secondary N) is 2. The molecule has 0 bridgehead atoms. The summed E-state index contributed by atoms with van der Waals surface area (Å²) in [5, 5.41) is 14.7. The summed E-state index contributed by atoms with van der Waals surface area (Å²) in [6.45, 7) is 2.29. The Hall–Kier alpha value is -3.28. The molecule has 25 heavy (non-hydrogen) atoms. The van der Waals surface area contributed by atoms with Crippen molar-refractivity contribution in [1.29, 1.82) is 0 Å². The molecule has 0 fully saturated rings. The van der Waals surface area contributed by atoms with Gasteiger partial charge in [0.15, 0.2) is 11.5 Å². The zero-order valence-corrected chi connectivity index (χ0v) is 13.8. The average Bonchev–Trinajstić information content (AvgIpc) is 3.01. The summed E-state index contributed by atoms with van der Waals surface area (Å²) in [5.41, 5.74) is 5.15. The lowest BCUT2D eigenvalue weighted by Gasteiger charge is -2.06. The number of phenols is 1. The van der Waals surface area contributed by atoms with E-state index in [1.54, 1.807) is 12.1 Å². The third-order valence-electron chi connectivity index (χ3n) is 3.71. The number of aromatic amines is 1. The molecular weight excluding hydrogens is 318 g/mol. The largest absolute Gasteiger partial charge is 0.504 e. The maximum Gasteiger partial charge on any atom is 0.244 e. The second kappa shape index (κ2) is 7.53. The molecule has 0 radical (unpaired) electrons. The second-order valence-corrected chi connectivity index (χ2v) is 5.49. The van der Waals surface area contributed by atoms with E-state index in [1.165, 1.54) is 12.3 Å². The number of nitrogens with zero attached hydrogens (tertiary/aromatic N) is 1. The van der Waals surface area contributed by atoms with Crippen molar-refractivity contribution >= 4 is 23.0 Å². The van der Waals surface area contributed by atoms with Gasteiger partial charge in [-0.1, -0.05) is 18.2 Å². The van der Waals surface area contributed by atoms with Crippen molar-refractivity contribution in [1.82, 2.24) is 10.4 Å². The predicted octanol–water partition coefficient (Wildman–Crippen LogP) is 2.97. The lowest BCUT2D eigenvalue weighted by molar-refractivity contribution is -0.120. The highest BCUT2D eigenvalue weighted by atomic mass is 16.5. The number of fused-ring (bicyclic) bond motifs is 1. The van der Waals surface area contributed by atoms with E-state index in [9.17, 15) is 9.90 Å². The maximum absolute atomic E-state index is 12.1. The third kappa shape index (κ3) is 3.98. The van der Waals surface area contributed by atoms with Crippen molar-refractivity contribution in [3.05, 3.63) is 59.8 Å². The highest BCUT2D eigenvalue weighted by Gasteiger charge is 2.08. The Morgan fingerprint density at radius 1 is 1.32 bits per heavy atom. The smallest absolute Gasteiger partial charge is 0.244 e. The van der Waals surface area contributed by atoms with Gasteiger partial charge in [0, 0.05) is 17.1 Å². The van der Waals surface area contributed by atoms with E-state index in [4.69, 9.17) is 4.74 Å². The fourth-order valence-electron chi connectivity index (χ4n) is 2.55. The van der Waals surface area contributed by atoms with Crippen LogP contribution in [0.5, 0.6) is 11.5 Å². The minimum Gasteiger partial charge on any atom is -0.504 e. The number of aromatic nitrogens is 1. The summed E-state index contributed by atoms with van der Waals surface area (Å²) in [6.07, 6.45) is 3.58. The first-order valence-corrected chi connectivity index (χ1v) is 8.00. The number of para-hydroxylation sites is 1. The average molecular weight is 337 g/mol. The van der Waals surface area contributed by atoms with Crippen LogP contribution in [0.3, 0.4) is 0 Å². The van der Waals surface area contributed by atoms with E-state index in [1.807, 2.05) is 37.4 Å². The SMILES string of the molecule is CCOc1cc(/C=N\NC(=O)Cc2c[nH]c3ccccc23)ccc1O. The Kier molecular flexibility index (Phi) is 4.99. The van der Waals surface area contributed by atoms with E-state index in [0.717, 1.165) is 16.5 Å². The Balaban J connectivity index is 1.62. The minimum absolute atomic E-state index is 0.0716. The Labute approximate surface area is 145 Å². The molecule has 0 aliphatic carbocycles. The number of amides is 1. The number of benzene rings is 2. The zero-order chi connectivity index (χ0) is 17.6. The van der Waals surface area contributed by atoms with Crippen LogP contribution in [0.2, 0.25) is 0 Å². The van der Waals surface area contributed by atoms with E-state index < -0.39 is 0 Å². The van der Waals surface area contributed by atoms with Gasteiger partial charge < -0.3 is 14.8 Å². The lowest BCUT2D eigenvalue weighted by atomic mass is 10.1. The van der Waals surface area contributed by atoms with E-state index in [0.29, 0.717) is 17.9 Å². The molecule has 3 N–H and O–H groups in total. The number of aromatic hydroxyl groups is 1. The van der Waals surface area contributed by atoms with Gasteiger partial charge in [0.25, 0.3) is 0 Å². The van der Waals surface area contributed by atoms with Gasteiger partial charge in [-0.25, -0.2) is 5.43 Å². The first kappa shape index (κ1) is 16.6. The summed E-state index contributed by atoms with van der Waals surface area (Å²) in [7, 11) is 0. The van der Waals surface area contributed by atoms with Gasteiger partial charge >= 0.3 is 0 Å². The van der Waals surface area contributed by atoms with Gasteiger partial charge in [0.05, 0.1) is 19.2 Å². The van der Waals surface area contributed by atoms with E-state index in [-0.39, 0.29) is 18.1 Å². The first-order chi connectivity index (χ1) is 12.2. The van der Waals surface area contributed by atoms with Crippen molar-refractivity contribution in [2.45, 2.75) is 13.3 Å². The van der Waals surface area contributed by atoms with Crippen LogP contribution < -0.4 is 10.2 Å². The Morgan fingerprint density at radius 3 is 3.00 bits per heavy atom. The van der Waals surface area contributed by atoms with Crippen molar-refractivity contribution in [3.8, 4) is 11.5 Å². The fraction of sp³-hybridized carbons (Fsp3) is 0.158. The quantitative estimate of drug-likeness (QED) is 0.477. The van der Waals surface area contributed by atoms with Crippen LogP contribution in [0.25, 0.3) is 10.9 Å². The lowest BCUT2D eigenvalue weighted by Crippen LogP contribution is -2.19. The molecule has 0 saturated heterocycles. The molecule has 0 aliphatic rings. The van der Waals surface area contributed by atoms with Gasteiger partial charge in [0.1, 0.15) is 0 Å². The summed E-state index contributed by atoms with van der Waals surface area (Å²) in [5.74, 6) is 0.253. The molecule has 0 spiro atoms. The molecule has 128 valence electrons. The molecule has 0 unspecified atom stereocenters. The van der Waals surface area contributed by atoms with Gasteiger partial charge in [-0.2, -0.15) is 5.10 Å². The number of hydrogen-bond donors (Lipinski definition) is 3. The molecule has 2 aromatic carbocycles. The van der Waals surface area contributed by atoms with Crippen LogP contribution in [0, 0.1) is 0 Å². The number of hydrogen-bond acceptors (Lipinski definition) is 4. The van der Waals surface area contributed by atoms with Crippen LogP contribution >= 0.6 is 0 Å².